The number of aliphatic hydroxyl groups excluding tert-OH is 1. The zero-order valence-electron chi connectivity index (χ0n) is 39.2. The van der Waals surface area contributed by atoms with Crippen LogP contribution in [0.15, 0.2) is 194 Å². The van der Waals surface area contributed by atoms with Gasteiger partial charge < -0.3 is 12.0 Å². The molecular weight excluding hydrogens is 842 g/mol. The van der Waals surface area contributed by atoms with Gasteiger partial charge in [0.05, 0.1) is 0 Å². The molecule has 8 rings (SSSR count). The number of hydrogen-bond acceptors (Lipinski definition) is 3. The van der Waals surface area contributed by atoms with E-state index in [2.05, 4.69) is 225 Å². The Balaban J connectivity index is 0.000000296. The minimum Gasteiger partial charge on any atom is -0.400 e. The van der Waals surface area contributed by atoms with Crippen LogP contribution in [0.5, 0.6) is 0 Å². The van der Waals surface area contributed by atoms with Crippen molar-refractivity contribution >= 4 is 11.1 Å². The van der Waals surface area contributed by atoms with Gasteiger partial charge in [0.1, 0.15) is 0 Å². The molecule has 0 unspecified atom stereocenters. The zero-order valence-corrected chi connectivity index (χ0v) is 42.0. The van der Waals surface area contributed by atoms with Crippen LogP contribution in [0.2, 0.25) is 0 Å². The van der Waals surface area contributed by atoms with Gasteiger partial charge in [0.25, 0.3) is 0 Å². The molecule has 6 aromatic carbocycles. The molecule has 4 heteroatoms. The molecule has 1 N–H and O–H groups in total. The fourth-order valence-electron chi connectivity index (χ4n) is 8.56. The van der Waals surface area contributed by atoms with E-state index in [0.29, 0.717) is 0 Å². The van der Waals surface area contributed by atoms with Crippen LogP contribution >= 0.6 is 0 Å². The minimum atomic E-state index is 0. The van der Waals surface area contributed by atoms with Gasteiger partial charge in [-0.05, 0) is 83.3 Å². The largest absolute Gasteiger partial charge is 0.400 e. The van der Waals surface area contributed by atoms with Crippen LogP contribution in [-0.4, -0.2) is 61.3 Å². The maximum atomic E-state index is 7.00. The van der Waals surface area contributed by atoms with Gasteiger partial charge in [0.2, 0.25) is 0 Å². The summed E-state index contributed by atoms with van der Waals surface area (Å²) in [4.78, 5) is 5.19. The number of rotatable bonds is 12. The van der Waals surface area contributed by atoms with E-state index >= 15 is 0 Å². The third-order valence-corrected chi connectivity index (χ3v) is 12.4. The number of benzene rings is 6. The molecule has 0 saturated heterocycles. The first-order valence-electron chi connectivity index (χ1n) is 22.8. The van der Waals surface area contributed by atoms with E-state index in [-0.39, 0.29) is 43.5 Å². The van der Waals surface area contributed by atoms with Crippen molar-refractivity contribution in [1.82, 2.24) is 9.80 Å². The van der Waals surface area contributed by atoms with Crippen molar-refractivity contribution in [1.29, 1.82) is 0 Å². The normalized spacial score (nSPS) is 13.8. The topological polar surface area (TPSA) is 26.7 Å². The van der Waals surface area contributed by atoms with Crippen LogP contribution in [0.3, 0.4) is 0 Å². The summed E-state index contributed by atoms with van der Waals surface area (Å²) >= 11 is 0. The Hall–Kier alpha value is -4.22. The minimum absolute atomic E-state index is 0. The van der Waals surface area contributed by atoms with Crippen LogP contribution in [-0.2, 0) is 43.5 Å². The first-order chi connectivity index (χ1) is 30.5. The fraction of sp³-hybridized carbons (Fsp3) is 0.305. The van der Waals surface area contributed by atoms with Crippen LogP contribution in [0.1, 0.15) is 93.7 Å². The molecule has 0 saturated carbocycles. The van der Waals surface area contributed by atoms with Crippen molar-refractivity contribution in [2.45, 2.75) is 71.1 Å². The van der Waals surface area contributed by atoms with Gasteiger partial charge >= 0.3 is 0 Å². The molecular formula is C59H73N2OY-. The number of nitrogens with zero attached hydrogens (tertiary/aromatic N) is 2. The van der Waals surface area contributed by atoms with Crippen LogP contribution < -0.4 is 0 Å². The van der Waals surface area contributed by atoms with E-state index in [1.54, 1.807) is 6.92 Å². The Labute approximate surface area is 407 Å². The maximum absolute atomic E-state index is 7.00. The van der Waals surface area contributed by atoms with E-state index in [9.17, 15) is 0 Å². The van der Waals surface area contributed by atoms with E-state index in [4.69, 9.17) is 5.11 Å². The summed E-state index contributed by atoms with van der Waals surface area (Å²) in [6.07, 6.45) is 9.35. The molecule has 2 heterocycles. The van der Waals surface area contributed by atoms with Crippen molar-refractivity contribution in [3.63, 3.8) is 0 Å². The van der Waals surface area contributed by atoms with Crippen LogP contribution in [0.4, 0.5) is 0 Å². The molecule has 63 heavy (non-hydrogen) atoms. The summed E-state index contributed by atoms with van der Waals surface area (Å²) in [7, 11) is 1.00. The van der Waals surface area contributed by atoms with Crippen LogP contribution in [0.25, 0.3) is 11.1 Å². The first kappa shape index (κ1) is 53.1. The van der Waals surface area contributed by atoms with Crippen LogP contribution in [0, 0.1) is 6.92 Å². The summed E-state index contributed by atoms with van der Waals surface area (Å²) in [5.74, 6) is 0. The van der Waals surface area contributed by atoms with Gasteiger partial charge in [-0.1, -0.05) is 222 Å². The summed E-state index contributed by atoms with van der Waals surface area (Å²) in [5, 5.41) is 7.00. The molecule has 0 aliphatic carbocycles. The van der Waals surface area contributed by atoms with Gasteiger partial charge in [-0.15, -0.1) is 0 Å². The molecule has 0 aromatic heterocycles. The summed E-state index contributed by atoms with van der Waals surface area (Å²) in [5.41, 5.74) is 11.4. The molecule has 3 nitrogen and oxygen atoms in total. The smallest absolute Gasteiger partial charge is 0.0319 e. The maximum Gasteiger partial charge on any atom is 0.0319 e. The van der Waals surface area contributed by atoms with Gasteiger partial charge in [-0.25, -0.2) is 0 Å². The predicted molar refractivity (Wildman–Crippen MR) is 269 cm³/mol. The zero-order chi connectivity index (χ0) is 44.5. The Morgan fingerprint density at radius 1 is 0.429 bits per heavy atom. The second-order valence-electron chi connectivity index (χ2n) is 15.9. The molecule has 2 aliphatic rings. The van der Waals surface area contributed by atoms with Crippen molar-refractivity contribution in [3.8, 4) is 0 Å². The molecule has 2 aliphatic heterocycles. The number of hydrogen-bond donors (Lipinski definition) is 1. The first-order valence-corrected chi connectivity index (χ1v) is 22.8. The van der Waals surface area contributed by atoms with Crippen molar-refractivity contribution in [2.24, 2.45) is 0 Å². The van der Waals surface area contributed by atoms with Crippen molar-refractivity contribution in [2.75, 3.05) is 46.4 Å². The van der Waals surface area contributed by atoms with Gasteiger partial charge in [-0.3, -0.25) is 9.80 Å². The molecule has 0 spiro atoms. The standard InChI is InChI=1S/2C27H29N.C2H6.C2H5.CH4O.Y/c2*1-27(25-13-7-3-8-14-25,26-15-9-4-10-16-26)19-22-28-20-17-24(18-21-28)23-11-5-2-6-12-23;3*1-2;/h2*2-17H,18-22H2,1H3;1-2H3;1H2,2H3;2H,1H3;/q;;;-1;;. The number of aliphatic hydroxyl groups is 1. The molecule has 0 amide bonds. The van der Waals surface area contributed by atoms with E-state index in [1.165, 1.54) is 44.5 Å². The van der Waals surface area contributed by atoms with Gasteiger partial charge in [0, 0.05) is 76.8 Å². The fourth-order valence-corrected chi connectivity index (χ4v) is 8.56. The molecule has 0 fully saturated rings. The Morgan fingerprint density at radius 2 is 0.667 bits per heavy atom. The molecule has 0 bridgehead atoms. The Morgan fingerprint density at radius 3 is 0.889 bits per heavy atom. The summed E-state index contributed by atoms with van der Waals surface area (Å²) < 4.78 is 0. The molecule has 1 radical (unpaired) electrons. The van der Waals surface area contributed by atoms with Gasteiger partial charge in [0.15, 0.2) is 0 Å². The third-order valence-electron chi connectivity index (χ3n) is 12.4. The predicted octanol–water partition coefficient (Wildman–Crippen LogP) is 13.8. The van der Waals surface area contributed by atoms with E-state index < -0.39 is 0 Å². The average molecular weight is 915 g/mol. The SMILES string of the molecule is CC.CC(CCN1CC=C(c2ccccc2)CC1)(c1ccccc1)c1ccccc1.CC(CCN1CC=C(c2ccccc2)CC1)(c1ccccc1)c1ccccc1.CO.[CH2-]C.[Y]. The van der Waals surface area contributed by atoms with E-state index in [1.807, 2.05) is 13.8 Å². The average Bonchev–Trinajstić information content (AvgIpc) is 3.39. The molecule has 6 aromatic rings. The quantitative estimate of drug-likeness (QED) is 0.124. The molecule has 329 valence electrons. The van der Waals surface area contributed by atoms with E-state index in [0.717, 1.165) is 72.1 Å². The summed E-state index contributed by atoms with van der Waals surface area (Å²) in [6.45, 7) is 20.4. The monoisotopic (exact) mass is 914 g/mol. The van der Waals surface area contributed by atoms with Crippen molar-refractivity contribution < 1.29 is 37.8 Å². The Kier molecular flexibility index (Phi) is 24.7. The third kappa shape index (κ3) is 15.5. The summed E-state index contributed by atoms with van der Waals surface area (Å²) in [6, 6.07) is 65.5. The second kappa shape index (κ2) is 29.3. The van der Waals surface area contributed by atoms with Crippen molar-refractivity contribution in [3.05, 3.63) is 234 Å². The van der Waals surface area contributed by atoms with Gasteiger partial charge in [-0.2, -0.15) is 6.92 Å². The molecule has 0 atom stereocenters. The second-order valence-corrected chi connectivity index (χ2v) is 15.9. The Bertz CT molecular complexity index is 1890.